The van der Waals surface area contributed by atoms with Gasteiger partial charge in [-0.3, -0.25) is 4.79 Å². The largest absolute Gasteiger partial charge is 0.471 e. The molecule has 0 radical (unpaired) electrons. The van der Waals surface area contributed by atoms with Crippen molar-refractivity contribution in [1.29, 1.82) is 0 Å². The zero-order chi connectivity index (χ0) is 13.6. The van der Waals surface area contributed by atoms with E-state index in [9.17, 15) is 18.0 Å². The van der Waals surface area contributed by atoms with Crippen molar-refractivity contribution < 1.29 is 18.0 Å². The quantitative estimate of drug-likeness (QED) is 0.708. The van der Waals surface area contributed by atoms with E-state index in [0.717, 1.165) is 17.7 Å². The zero-order valence-electron chi connectivity index (χ0n) is 10.3. The second-order valence-corrected chi connectivity index (χ2v) is 5.41. The normalized spacial score (nSPS) is 25.9. The van der Waals surface area contributed by atoms with Gasteiger partial charge in [-0.25, -0.2) is 0 Å². The molecule has 2 nitrogen and oxygen atoms in total. The summed E-state index contributed by atoms with van der Waals surface area (Å²) in [5.41, 5.74) is 2.43. The van der Waals surface area contributed by atoms with Crippen LogP contribution in [-0.2, 0) is 17.6 Å². The lowest BCUT2D eigenvalue weighted by Crippen LogP contribution is -2.39. The topological polar surface area (TPSA) is 20.3 Å². The van der Waals surface area contributed by atoms with Crippen LogP contribution in [0.2, 0.25) is 0 Å². The van der Waals surface area contributed by atoms with Gasteiger partial charge in [-0.2, -0.15) is 13.2 Å². The minimum Gasteiger partial charge on any atom is -0.334 e. The van der Waals surface area contributed by atoms with Crippen molar-refractivity contribution in [1.82, 2.24) is 4.90 Å². The van der Waals surface area contributed by atoms with E-state index in [1.54, 1.807) is 0 Å². The molecule has 102 valence electrons. The number of amides is 1. The number of carbonyl (C=O) groups is 1. The van der Waals surface area contributed by atoms with Gasteiger partial charge >= 0.3 is 12.1 Å². The Kier molecular flexibility index (Phi) is 2.80. The zero-order valence-corrected chi connectivity index (χ0v) is 10.3. The molecule has 1 aliphatic carbocycles. The second kappa shape index (κ2) is 4.25. The van der Waals surface area contributed by atoms with E-state index in [0.29, 0.717) is 0 Å². The van der Waals surface area contributed by atoms with Crippen molar-refractivity contribution in [3.05, 3.63) is 35.4 Å². The first-order chi connectivity index (χ1) is 8.95. The summed E-state index contributed by atoms with van der Waals surface area (Å²) in [6.45, 7) is 0.467. The van der Waals surface area contributed by atoms with E-state index >= 15 is 0 Å². The van der Waals surface area contributed by atoms with Crippen molar-refractivity contribution in [3.8, 4) is 0 Å². The Morgan fingerprint density at radius 1 is 1.05 bits per heavy atom. The molecule has 0 bridgehead atoms. The summed E-state index contributed by atoms with van der Waals surface area (Å²) in [6, 6.07) is 7.96. The number of nitrogens with zero attached hydrogens (tertiary/aromatic N) is 1. The van der Waals surface area contributed by atoms with Gasteiger partial charge < -0.3 is 4.90 Å². The number of rotatable bonds is 0. The Balaban J connectivity index is 1.76. The summed E-state index contributed by atoms with van der Waals surface area (Å²) in [5, 5.41) is 0. The second-order valence-electron chi connectivity index (χ2n) is 5.41. The van der Waals surface area contributed by atoms with Gasteiger partial charge in [-0.05, 0) is 35.8 Å². The molecule has 2 unspecified atom stereocenters. The maximum Gasteiger partial charge on any atom is 0.471 e. The van der Waals surface area contributed by atoms with Crippen molar-refractivity contribution in [3.63, 3.8) is 0 Å². The summed E-state index contributed by atoms with van der Waals surface area (Å²) in [7, 11) is 0. The first kappa shape index (κ1) is 12.5. The van der Waals surface area contributed by atoms with Gasteiger partial charge in [0.25, 0.3) is 0 Å². The molecule has 1 aliphatic heterocycles. The molecular formula is C14H14F3NO. The minimum atomic E-state index is -4.75. The first-order valence-electron chi connectivity index (χ1n) is 6.38. The molecule has 1 heterocycles. The average Bonchev–Trinajstić information content (AvgIpc) is 2.76. The van der Waals surface area contributed by atoms with Crippen LogP contribution in [0.5, 0.6) is 0 Å². The van der Waals surface area contributed by atoms with Crippen LogP contribution in [0.1, 0.15) is 11.1 Å². The molecule has 2 aliphatic rings. The molecule has 0 saturated carbocycles. The lowest BCUT2D eigenvalue weighted by molar-refractivity contribution is -0.184. The van der Waals surface area contributed by atoms with Crippen LogP contribution in [0.15, 0.2) is 24.3 Å². The Morgan fingerprint density at radius 2 is 1.53 bits per heavy atom. The van der Waals surface area contributed by atoms with Crippen LogP contribution in [0.25, 0.3) is 0 Å². The SMILES string of the molecule is O=C(N1CC2Cc3ccccc3CC2C1)C(F)(F)F. The highest BCUT2D eigenvalue weighted by Crippen LogP contribution is 2.36. The van der Waals surface area contributed by atoms with Crippen LogP contribution in [-0.4, -0.2) is 30.1 Å². The first-order valence-corrected chi connectivity index (χ1v) is 6.38. The molecule has 3 rings (SSSR count). The molecule has 1 aromatic rings. The lowest BCUT2D eigenvalue weighted by Gasteiger charge is -2.26. The third-order valence-electron chi connectivity index (χ3n) is 4.19. The number of hydrogen-bond donors (Lipinski definition) is 0. The fraction of sp³-hybridized carbons (Fsp3) is 0.500. The number of likely N-dealkylation sites (tertiary alicyclic amines) is 1. The number of alkyl halides is 3. The van der Waals surface area contributed by atoms with Crippen molar-refractivity contribution in [2.24, 2.45) is 11.8 Å². The molecular weight excluding hydrogens is 255 g/mol. The van der Waals surface area contributed by atoms with Gasteiger partial charge in [-0.1, -0.05) is 24.3 Å². The van der Waals surface area contributed by atoms with Crippen molar-refractivity contribution in [2.45, 2.75) is 19.0 Å². The molecule has 0 aromatic heterocycles. The average molecular weight is 269 g/mol. The smallest absolute Gasteiger partial charge is 0.334 e. The molecule has 1 saturated heterocycles. The van der Waals surface area contributed by atoms with E-state index in [2.05, 4.69) is 0 Å². The maximum absolute atomic E-state index is 12.5. The fourth-order valence-corrected chi connectivity index (χ4v) is 3.27. The molecule has 5 heteroatoms. The lowest BCUT2D eigenvalue weighted by atomic mass is 9.78. The van der Waals surface area contributed by atoms with Crippen molar-refractivity contribution >= 4 is 5.91 Å². The van der Waals surface area contributed by atoms with Crippen LogP contribution < -0.4 is 0 Å². The van der Waals surface area contributed by atoms with E-state index in [4.69, 9.17) is 0 Å². The standard InChI is InChI=1S/C14H14F3NO/c15-14(16,17)13(19)18-7-11-5-9-3-1-2-4-10(9)6-12(11)8-18/h1-4,11-12H,5-8H2. The monoisotopic (exact) mass is 269 g/mol. The summed E-state index contributed by atoms with van der Waals surface area (Å²) in [4.78, 5) is 12.3. The third-order valence-corrected chi connectivity index (χ3v) is 4.19. The van der Waals surface area contributed by atoms with Crippen LogP contribution in [0, 0.1) is 11.8 Å². The Morgan fingerprint density at radius 3 is 1.95 bits per heavy atom. The van der Waals surface area contributed by atoms with Gasteiger partial charge in [0, 0.05) is 13.1 Å². The fourth-order valence-electron chi connectivity index (χ4n) is 3.27. The summed E-state index contributed by atoms with van der Waals surface area (Å²) in [5.74, 6) is -1.35. The highest BCUT2D eigenvalue weighted by atomic mass is 19.4. The third kappa shape index (κ3) is 2.22. The number of benzene rings is 1. The highest BCUT2D eigenvalue weighted by molar-refractivity contribution is 5.82. The Hall–Kier alpha value is -1.52. The van der Waals surface area contributed by atoms with E-state index in [-0.39, 0.29) is 24.9 Å². The number of hydrogen-bond acceptors (Lipinski definition) is 1. The van der Waals surface area contributed by atoms with E-state index < -0.39 is 12.1 Å². The molecule has 0 N–H and O–H groups in total. The van der Waals surface area contributed by atoms with Crippen molar-refractivity contribution in [2.75, 3.05) is 13.1 Å². The maximum atomic E-state index is 12.5. The molecule has 0 spiro atoms. The van der Waals surface area contributed by atoms with E-state index in [1.807, 2.05) is 24.3 Å². The summed E-state index contributed by atoms with van der Waals surface area (Å²) < 4.78 is 37.4. The predicted octanol–water partition coefficient (Wildman–Crippen LogP) is 2.42. The Labute approximate surface area is 109 Å². The minimum absolute atomic E-state index is 0.168. The van der Waals surface area contributed by atoms with Gasteiger partial charge in [0.15, 0.2) is 0 Å². The number of halogens is 3. The number of carbonyl (C=O) groups excluding carboxylic acids is 1. The van der Waals surface area contributed by atoms with Crippen LogP contribution in [0.3, 0.4) is 0 Å². The van der Waals surface area contributed by atoms with Crippen LogP contribution in [0.4, 0.5) is 13.2 Å². The molecule has 19 heavy (non-hydrogen) atoms. The van der Waals surface area contributed by atoms with Gasteiger partial charge in [0.05, 0.1) is 0 Å². The van der Waals surface area contributed by atoms with Crippen LogP contribution >= 0.6 is 0 Å². The van der Waals surface area contributed by atoms with Gasteiger partial charge in [0.2, 0.25) is 0 Å². The van der Waals surface area contributed by atoms with E-state index in [1.165, 1.54) is 11.1 Å². The molecule has 1 aromatic carbocycles. The molecule has 1 amide bonds. The highest BCUT2D eigenvalue weighted by Gasteiger charge is 2.47. The predicted molar refractivity (Wildman–Crippen MR) is 63.5 cm³/mol. The molecule has 2 atom stereocenters. The molecule has 1 fully saturated rings. The Bertz CT molecular complexity index is 479. The number of fused-ring (bicyclic) bond motifs is 2. The summed E-state index contributed by atoms with van der Waals surface area (Å²) >= 11 is 0. The van der Waals surface area contributed by atoms with Gasteiger partial charge in [0.1, 0.15) is 0 Å². The van der Waals surface area contributed by atoms with Gasteiger partial charge in [-0.15, -0.1) is 0 Å². The summed E-state index contributed by atoms with van der Waals surface area (Å²) in [6.07, 6.45) is -3.19.